The summed E-state index contributed by atoms with van der Waals surface area (Å²) in [5.74, 6) is -1.48. The van der Waals surface area contributed by atoms with Gasteiger partial charge in [0.15, 0.2) is 0 Å². The van der Waals surface area contributed by atoms with Gasteiger partial charge in [0, 0.05) is 19.2 Å². The van der Waals surface area contributed by atoms with Crippen molar-refractivity contribution in [1.29, 1.82) is 0 Å². The Balaban J connectivity index is 1.86. The van der Waals surface area contributed by atoms with Gasteiger partial charge in [0.25, 0.3) is 0 Å². The fourth-order valence-electron chi connectivity index (χ4n) is 2.45. The average Bonchev–Trinajstić information content (AvgIpc) is 2.38. The molecule has 2 N–H and O–H groups in total. The number of halogens is 2. The van der Waals surface area contributed by atoms with Crippen LogP contribution in [0, 0.1) is 11.6 Å². The van der Waals surface area contributed by atoms with Crippen LogP contribution < -0.4 is 10.6 Å². The number of urea groups is 1. The number of carbonyl (C=O) groups is 2. The predicted octanol–water partition coefficient (Wildman–Crippen LogP) is 1.43. The number of benzene rings is 1. The number of nitrogens with one attached hydrogen (secondary N) is 2. The molecule has 0 atom stereocenters. The minimum absolute atomic E-state index is 0.000171. The zero-order valence-electron chi connectivity index (χ0n) is 12.6. The average molecular weight is 311 g/mol. The summed E-state index contributed by atoms with van der Waals surface area (Å²) in [5, 5.41) is 5.44. The van der Waals surface area contributed by atoms with E-state index in [2.05, 4.69) is 10.6 Å². The first-order valence-electron chi connectivity index (χ1n) is 7.04. The second kappa shape index (κ2) is 6.29. The van der Waals surface area contributed by atoms with Crippen LogP contribution in [-0.4, -0.2) is 42.0 Å². The van der Waals surface area contributed by atoms with Crippen LogP contribution in [0.4, 0.5) is 13.6 Å². The first-order valence-corrected chi connectivity index (χ1v) is 7.04. The number of amides is 3. The molecular weight excluding hydrogens is 292 g/mol. The Morgan fingerprint density at radius 2 is 2.14 bits per heavy atom. The maximum absolute atomic E-state index is 13.5. The van der Waals surface area contributed by atoms with Crippen LogP contribution >= 0.6 is 0 Å². The molecule has 0 unspecified atom stereocenters. The van der Waals surface area contributed by atoms with Crippen LogP contribution in [0.25, 0.3) is 0 Å². The molecule has 1 aromatic rings. The van der Waals surface area contributed by atoms with E-state index in [0.717, 1.165) is 6.07 Å². The lowest BCUT2D eigenvalue weighted by Gasteiger charge is -2.38. The van der Waals surface area contributed by atoms with E-state index in [0.29, 0.717) is 12.1 Å². The number of hydrogen-bond donors (Lipinski definition) is 2. The van der Waals surface area contributed by atoms with Gasteiger partial charge in [-0.1, -0.05) is 6.07 Å². The van der Waals surface area contributed by atoms with Crippen molar-refractivity contribution in [3.63, 3.8) is 0 Å². The second-order valence-corrected chi connectivity index (χ2v) is 6.01. The molecule has 1 fully saturated rings. The highest BCUT2D eigenvalue weighted by Gasteiger charge is 2.32. The Labute approximate surface area is 127 Å². The van der Waals surface area contributed by atoms with Crippen molar-refractivity contribution in [2.75, 3.05) is 19.6 Å². The van der Waals surface area contributed by atoms with Crippen LogP contribution in [0.3, 0.4) is 0 Å². The Kier molecular flexibility index (Phi) is 4.63. The number of nitrogens with zero attached hydrogens (tertiary/aromatic N) is 1. The van der Waals surface area contributed by atoms with Gasteiger partial charge in [0.1, 0.15) is 18.2 Å². The fourth-order valence-corrected chi connectivity index (χ4v) is 2.45. The molecule has 0 aliphatic carbocycles. The normalized spacial score (nSPS) is 17.1. The Morgan fingerprint density at radius 3 is 2.77 bits per heavy atom. The number of rotatable bonds is 3. The summed E-state index contributed by atoms with van der Waals surface area (Å²) in [6.45, 7) is 4.27. The molecule has 1 heterocycles. The third-order valence-corrected chi connectivity index (χ3v) is 3.37. The van der Waals surface area contributed by atoms with E-state index < -0.39 is 17.2 Å². The molecule has 22 heavy (non-hydrogen) atoms. The van der Waals surface area contributed by atoms with E-state index in [1.807, 2.05) is 13.8 Å². The standard InChI is InChI=1S/C15H19F2N3O2/c1-15(2)9-20(8-13(21)19-15)14(22)18-6-5-10-3-4-11(16)7-12(10)17/h3-4,7H,5-6,8-9H2,1-2H3,(H,18,22)(H,19,21). The molecule has 1 aliphatic heterocycles. The third-order valence-electron chi connectivity index (χ3n) is 3.37. The highest BCUT2D eigenvalue weighted by atomic mass is 19.1. The first-order chi connectivity index (χ1) is 10.3. The van der Waals surface area contributed by atoms with Gasteiger partial charge in [0.2, 0.25) is 5.91 Å². The summed E-state index contributed by atoms with van der Waals surface area (Å²) in [4.78, 5) is 25.0. The lowest BCUT2D eigenvalue weighted by molar-refractivity contribution is -0.126. The van der Waals surface area contributed by atoms with Gasteiger partial charge in [-0.2, -0.15) is 0 Å². The van der Waals surface area contributed by atoms with Gasteiger partial charge in [-0.25, -0.2) is 13.6 Å². The zero-order chi connectivity index (χ0) is 16.3. The van der Waals surface area contributed by atoms with Gasteiger partial charge in [0.05, 0.1) is 5.54 Å². The summed E-state index contributed by atoms with van der Waals surface area (Å²) in [6.07, 6.45) is 0.251. The summed E-state index contributed by atoms with van der Waals surface area (Å²) in [6, 6.07) is 2.98. The molecule has 1 saturated heterocycles. The predicted molar refractivity (Wildman–Crippen MR) is 77.3 cm³/mol. The highest BCUT2D eigenvalue weighted by Crippen LogP contribution is 2.12. The SMILES string of the molecule is CC1(C)CN(C(=O)NCCc2ccc(F)cc2F)CC(=O)N1. The Bertz CT molecular complexity index is 590. The summed E-state index contributed by atoms with van der Waals surface area (Å²) >= 11 is 0. The van der Waals surface area contributed by atoms with Crippen molar-refractivity contribution in [3.8, 4) is 0 Å². The van der Waals surface area contributed by atoms with Crippen molar-refractivity contribution in [3.05, 3.63) is 35.4 Å². The van der Waals surface area contributed by atoms with Crippen molar-refractivity contribution in [1.82, 2.24) is 15.5 Å². The van der Waals surface area contributed by atoms with E-state index in [1.54, 1.807) is 0 Å². The quantitative estimate of drug-likeness (QED) is 0.887. The topological polar surface area (TPSA) is 61.4 Å². The van der Waals surface area contributed by atoms with E-state index in [4.69, 9.17) is 0 Å². The molecule has 3 amide bonds. The van der Waals surface area contributed by atoms with E-state index >= 15 is 0 Å². The van der Waals surface area contributed by atoms with Crippen LogP contribution in [-0.2, 0) is 11.2 Å². The van der Waals surface area contributed by atoms with Crippen molar-refractivity contribution in [2.24, 2.45) is 0 Å². The van der Waals surface area contributed by atoms with E-state index in [1.165, 1.54) is 17.0 Å². The van der Waals surface area contributed by atoms with Crippen molar-refractivity contribution >= 4 is 11.9 Å². The molecule has 7 heteroatoms. The molecule has 0 aromatic heterocycles. The van der Waals surface area contributed by atoms with Crippen LogP contribution in [0.1, 0.15) is 19.4 Å². The first kappa shape index (κ1) is 16.2. The molecule has 0 saturated carbocycles. The van der Waals surface area contributed by atoms with Gasteiger partial charge >= 0.3 is 6.03 Å². The summed E-state index contributed by atoms with van der Waals surface area (Å²) in [7, 11) is 0. The maximum Gasteiger partial charge on any atom is 0.317 e. The number of carbonyl (C=O) groups excluding carboxylic acids is 2. The highest BCUT2D eigenvalue weighted by molar-refractivity contribution is 5.86. The molecule has 5 nitrogen and oxygen atoms in total. The molecule has 120 valence electrons. The van der Waals surface area contributed by atoms with Gasteiger partial charge in [-0.05, 0) is 31.9 Å². The van der Waals surface area contributed by atoms with E-state index in [9.17, 15) is 18.4 Å². The summed E-state index contributed by atoms with van der Waals surface area (Å²) in [5.41, 5.74) is -0.145. The molecule has 1 aliphatic rings. The van der Waals surface area contributed by atoms with Crippen LogP contribution in [0.15, 0.2) is 18.2 Å². The van der Waals surface area contributed by atoms with Gasteiger partial charge in [-0.3, -0.25) is 4.79 Å². The maximum atomic E-state index is 13.5. The molecule has 2 rings (SSSR count). The van der Waals surface area contributed by atoms with Gasteiger partial charge < -0.3 is 15.5 Å². The molecule has 1 aromatic carbocycles. The zero-order valence-corrected chi connectivity index (χ0v) is 12.6. The Morgan fingerprint density at radius 1 is 1.41 bits per heavy atom. The second-order valence-electron chi connectivity index (χ2n) is 6.01. The minimum Gasteiger partial charge on any atom is -0.348 e. The van der Waals surface area contributed by atoms with Crippen LogP contribution in [0.5, 0.6) is 0 Å². The lowest BCUT2D eigenvalue weighted by atomic mass is 10.0. The fraction of sp³-hybridized carbons (Fsp3) is 0.467. The molecule has 0 bridgehead atoms. The van der Waals surface area contributed by atoms with Crippen LogP contribution in [0.2, 0.25) is 0 Å². The lowest BCUT2D eigenvalue weighted by Crippen LogP contribution is -2.62. The number of hydrogen-bond acceptors (Lipinski definition) is 2. The van der Waals surface area contributed by atoms with Gasteiger partial charge in [-0.15, -0.1) is 0 Å². The monoisotopic (exact) mass is 311 g/mol. The smallest absolute Gasteiger partial charge is 0.317 e. The Hall–Kier alpha value is -2.18. The molecule has 0 spiro atoms. The largest absolute Gasteiger partial charge is 0.348 e. The van der Waals surface area contributed by atoms with E-state index in [-0.39, 0.29) is 31.4 Å². The van der Waals surface area contributed by atoms with Crippen molar-refractivity contribution in [2.45, 2.75) is 25.8 Å². The van der Waals surface area contributed by atoms with Crippen molar-refractivity contribution < 1.29 is 18.4 Å². The third kappa shape index (κ3) is 4.16. The molecule has 0 radical (unpaired) electrons. The minimum atomic E-state index is -0.633. The number of piperazine rings is 1. The summed E-state index contributed by atoms with van der Waals surface area (Å²) < 4.78 is 26.3. The molecular formula is C15H19F2N3O2.